The molecule has 0 atom stereocenters. The summed E-state index contributed by atoms with van der Waals surface area (Å²) in [5, 5.41) is 2.52. The molecular weight excluding hydrogens is 290 g/mol. The summed E-state index contributed by atoms with van der Waals surface area (Å²) < 4.78 is 0. The van der Waals surface area contributed by atoms with E-state index in [-0.39, 0.29) is 0 Å². The van der Waals surface area contributed by atoms with Gasteiger partial charge in [0.05, 0.1) is 0 Å². The van der Waals surface area contributed by atoms with Crippen molar-refractivity contribution in [2.24, 2.45) is 0 Å². The Balaban J connectivity index is 1.77. The Labute approximate surface area is 142 Å². The first-order chi connectivity index (χ1) is 11.8. The number of benzene rings is 4. The molecule has 0 bridgehead atoms. The first-order valence-electron chi connectivity index (χ1n) is 8.19. The number of nitrogens with zero attached hydrogens (tertiary/aromatic N) is 1. The normalized spacial score (nSPS) is 10.7. The molecule has 4 aromatic rings. The van der Waals surface area contributed by atoms with Gasteiger partial charge in [-0.2, -0.15) is 0 Å². The van der Waals surface area contributed by atoms with Crippen LogP contribution in [0.3, 0.4) is 0 Å². The van der Waals surface area contributed by atoms with Gasteiger partial charge in [-0.1, -0.05) is 66.7 Å². The Morgan fingerprint density at radius 1 is 0.500 bits per heavy atom. The van der Waals surface area contributed by atoms with Crippen molar-refractivity contribution < 1.29 is 0 Å². The van der Waals surface area contributed by atoms with E-state index < -0.39 is 0 Å². The quantitative estimate of drug-likeness (QED) is 0.431. The van der Waals surface area contributed by atoms with E-state index in [1.165, 1.54) is 33.3 Å². The van der Waals surface area contributed by atoms with E-state index in [1.807, 2.05) is 6.07 Å². The Bertz CT molecular complexity index is 959. The largest absolute Gasteiger partial charge is 0.345 e. The molecule has 24 heavy (non-hydrogen) atoms. The van der Waals surface area contributed by atoms with Crippen molar-refractivity contribution in [1.82, 2.24) is 0 Å². The fourth-order valence-electron chi connectivity index (χ4n) is 3.05. The first-order valence-corrected chi connectivity index (χ1v) is 8.19. The fraction of sp³-hybridized carbons (Fsp3) is 0.0435. The third-order valence-electron chi connectivity index (χ3n) is 4.46. The van der Waals surface area contributed by atoms with Gasteiger partial charge in [-0.3, -0.25) is 0 Å². The van der Waals surface area contributed by atoms with Crippen LogP contribution >= 0.6 is 0 Å². The maximum atomic E-state index is 2.27. The molecule has 0 aliphatic rings. The van der Waals surface area contributed by atoms with E-state index in [2.05, 4.69) is 103 Å². The van der Waals surface area contributed by atoms with Gasteiger partial charge in [-0.25, -0.2) is 0 Å². The summed E-state index contributed by atoms with van der Waals surface area (Å²) in [6, 6.07) is 34.3. The molecule has 0 aliphatic carbocycles. The van der Waals surface area contributed by atoms with Crippen LogP contribution < -0.4 is 4.90 Å². The van der Waals surface area contributed by atoms with Gasteiger partial charge in [0.2, 0.25) is 0 Å². The maximum absolute atomic E-state index is 2.27. The second-order valence-electron chi connectivity index (χ2n) is 6.01. The van der Waals surface area contributed by atoms with Crippen molar-refractivity contribution in [1.29, 1.82) is 0 Å². The van der Waals surface area contributed by atoms with Gasteiger partial charge in [-0.15, -0.1) is 0 Å². The minimum atomic E-state index is 1.19. The van der Waals surface area contributed by atoms with Crippen LogP contribution in [0.2, 0.25) is 0 Å². The summed E-state index contributed by atoms with van der Waals surface area (Å²) in [5.41, 5.74) is 4.89. The molecule has 0 radical (unpaired) electrons. The number of rotatable bonds is 3. The van der Waals surface area contributed by atoms with Gasteiger partial charge in [-0.05, 0) is 52.2 Å². The van der Waals surface area contributed by atoms with Crippen LogP contribution in [0.4, 0.5) is 11.4 Å². The Morgan fingerprint density at radius 3 is 1.92 bits per heavy atom. The highest BCUT2D eigenvalue weighted by Gasteiger charge is 2.05. The summed E-state index contributed by atoms with van der Waals surface area (Å²) in [7, 11) is 2.11. The average molecular weight is 309 g/mol. The highest BCUT2D eigenvalue weighted by molar-refractivity contribution is 5.90. The maximum Gasteiger partial charge on any atom is 0.0414 e. The van der Waals surface area contributed by atoms with Gasteiger partial charge >= 0.3 is 0 Å². The van der Waals surface area contributed by atoms with Crippen LogP contribution in [0.15, 0.2) is 97.1 Å². The number of anilines is 2. The summed E-state index contributed by atoms with van der Waals surface area (Å²) >= 11 is 0. The molecule has 4 aromatic carbocycles. The lowest BCUT2D eigenvalue weighted by Crippen LogP contribution is -2.08. The van der Waals surface area contributed by atoms with Crippen molar-refractivity contribution in [2.75, 3.05) is 11.9 Å². The third kappa shape index (κ3) is 2.77. The highest BCUT2D eigenvalue weighted by atomic mass is 15.1. The van der Waals surface area contributed by atoms with E-state index in [1.54, 1.807) is 0 Å². The Morgan fingerprint density at radius 2 is 1.17 bits per heavy atom. The van der Waals surface area contributed by atoms with Gasteiger partial charge < -0.3 is 4.90 Å². The second-order valence-corrected chi connectivity index (χ2v) is 6.01. The molecule has 116 valence electrons. The monoisotopic (exact) mass is 309 g/mol. The van der Waals surface area contributed by atoms with E-state index in [0.29, 0.717) is 0 Å². The molecule has 0 spiro atoms. The van der Waals surface area contributed by atoms with E-state index in [4.69, 9.17) is 0 Å². The molecule has 4 rings (SSSR count). The van der Waals surface area contributed by atoms with Crippen molar-refractivity contribution >= 4 is 22.1 Å². The highest BCUT2D eigenvalue weighted by Crippen LogP contribution is 2.29. The molecule has 0 fully saturated rings. The Kier molecular flexibility index (Phi) is 3.76. The van der Waals surface area contributed by atoms with Crippen molar-refractivity contribution in [3.63, 3.8) is 0 Å². The molecule has 0 aliphatic heterocycles. The van der Waals surface area contributed by atoms with Gasteiger partial charge in [0.15, 0.2) is 0 Å². The van der Waals surface area contributed by atoms with Crippen LogP contribution in [0.1, 0.15) is 0 Å². The predicted molar refractivity (Wildman–Crippen MR) is 104 cm³/mol. The lowest BCUT2D eigenvalue weighted by Gasteiger charge is -2.20. The van der Waals surface area contributed by atoms with Gasteiger partial charge in [0.1, 0.15) is 0 Å². The topological polar surface area (TPSA) is 3.24 Å². The summed E-state index contributed by atoms with van der Waals surface area (Å²) in [6.45, 7) is 0. The summed E-state index contributed by atoms with van der Waals surface area (Å²) in [5.74, 6) is 0. The fourth-order valence-corrected chi connectivity index (χ4v) is 3.05. The van der Waals surface area contributed by atoms with Crippen LogP contribution in [-0.2, 0) is 0 Å². The number of fused-ring (bicyclic) bond motifs is 1. The average Bonchev–Trinajstić information content (AvgIpc) is 2.68. The zero-order valence-electron chi connectivity index (χ0n) is 13.7. The zero-order valence-corrected chi connectivity index (χ0v) is 13.7. The van der Waals surface area contributed by atoms with Crippen LogP contribution in [-0.4, -0.2) is 7.05 Å². The molecular formula is C23H19N. The second kappa shape index (κ2) is 6.21. The number of para-hydroxylation sites is 1. The molecule has 0 amide bonds. The first kappa shape index (κ1) is 14.5. The van der Waals surface area contributed by atoms with Crippen molar-refractivity contribution in [3.8, 4) is 11.1 Å². The molecule has 1 heteroatoms. The number of hydrogen-bond acceptors (Lipinski definition) is 1. The minimum absolute atomic E-state index is 1.19. The molecule has 1 nitrogen and oxygen atoms in total. The van der Waals surface area contributed by atoms with Crippen molar-refractivity contribution in [3.05, 3.63) is 97.1 Å². The van der Waals surface area contributed by atoms with Crippen LogP contribution in [0.5, 0.6) is 0 Å². The van der Waals surface area contributed by atoms with Crippen LogP contribution in [0, 0.1) is 0 Å². The molecule has 0 N–H and O–H groups in total. The summed E-state index contributed by atoms with van der Waals surface area (Å²) in [6.07, 6.45) is 0. The van der Waals surface area contributed by atoms with E-state index in [9.17, 15) is 0 Å². The molecule has 0 heterocycles. The van der Waals surface area contributed by atoms with Crippen LogP contribution in [0.25, 0.3) is 21.9 Å². The van der Waals surface area contributed by atoms with Crippen molar-refractivity contribution in [2.45, 2.75) is 0 Å². The molecule has 0 saturated heterocycles. The molecule has 0 unspecified atom stereocenters. The number of hydrogen-bond donors (Lipinski definition) is 0. The molecule has 0 saturated carbocycles. The van der Waals surface area contributed by atoms with Gasteiger partial charge in [0.25, 0.3) is 0 Å². The summed E-state index contributed by atoms with van der Waals surface area (Å²) in [4.78, 5) is 2.22. The van der Waals surface area contributed by atoms with E-state index >= 15 is 0 Å². The van der Waals surface area contributed by atoms with Gasteiger partial charge in [0, 0.05) is 18.4 Å². The smallest absolute Gasteiger partial charge is 0.0414 e. The standard InChI is InChI=1S/C23H19N/c1-24(22-10-6-3-7-11-22)23-15-14-19-12-13-20(16-21(19)17-23)18-8-4-2-5-9-18/h2-17H,1H3. The lowest BCUT2D eigenvalue weighted by molar-refractivity contribution is 1.21. The van der Waals surface area contributed by atoms with E-state index in [0.717, 1.165) is 0 Å². The predicted octanol–water partition coefficient (Wildman–Crippen LogP) is 6.27. The lowest BCUT2D eigenvalue weighted by atomic mass is 10.0. The SMILES string of the molecule is CN(c1ccccc1)c1ccc2ccc(-c3ccccc3)cc2c1. The third-order valence-corrected chi connectivity index (χ3v) is 4.46. The minimum Gasteiger partial charge on any atom is -0.345 e. The Hall–Kier alpha value is -3.06. The zero-order chi connectivity index (χ0) is 16.4. The molecule has 0 aromatic heterocycles.